The summed E-state index contributed by atoms with van der Waals surface area (Å²) >= 11 is 1.51. The lowest BCUT2D eigenvalue weighted by atomic mass is 10.0. The van der Waals surface area contributed by atoms with Gasteiger partial charge in [-0.25, -0.2) is 4.39 Å². The summed E-state index contributed by atoms with van der Waals surface area (Å²) in [6.45, 7) is 0. The van der Waals surface area contributed by atoms with Crippen LogP contribution in [0, 0.1) is 5.82 Å². The summed E-state index contributed by atoms with van der Waals surface area (Å²) in [7, 11) is 1.63. The van der Waals surface area contributed by atoms with Crippen LogP contribution in [0.25, 0.3) is 10.8 Å². The molecule has 0 spiro atoms. The maximum absolute atomic E-state index is 14.0. The molecule has 4 rings (SSSR count). The Morgan fingerprint density at radius 2 is 1.96 bits per heavy atom. The molecule has 1 aliphatic rings. The zero-order valence-corrected chi connectivity index (χ0v) is 15.1. The third-order valence-electron chi connectivity index (χ3n) is 4.64. The first-order chi connectivity index (χ1) is 12.7. The first-order valence-electron chi connectivity index (χ1n) is 8.45. The Kier molecular flexibility index (Phi) is 4.55. The molecule has 132 valence electrons. The van der Waals surface area contributed by atoms with Crippen molar-refractivity contribution in [1.29, 1.82) is 0 Å². The molecule has 1 aliphatic heterocycles. The normalized spacial score (nSPS) is 16.2. The van der Waals surface area contributed by atoms with Crippen molar-refractivity contribution in [1.82, 2.24) is 5.32 Å². The monoisotopic (exact) mass is 367 g/mol. The Bertz CT molecular complexity index is 989. The van der Waals surface area contributed by atoms with Gasteiger partial charge in [0, 0.05) is 16.2 Å². The smallest absolute Gasteiger partial charge is 0.251 e. The minimum absolute atomic E-state index is 0.144. The SMILES string of the molecule is COc1ccc2cc(C(=O)N[C@@H]3CCSc4c(F)cccc43)ccc2c1. The number of ether oxygens (including phenoxy) is 1. The van der Waals surface area contributed by atoms with Crippen LogP contribution in [0.2, 0.25) is 0 Å². The lowest BCUT2D eigenvalue weighted by Crippen LogP contribution is -2.30. The maximum Gasteiger partial charge on any atom is 0.251 e. The first kappa shape index (κ1) is 16.9. The van der Waals surface area contributed by atoms with E-state index in [0.717, 1.165) is 34.3 Å². The van der Waals surface area contributed by atoms with Gasteiger partial charge in [0.15, 0.2) is 0 Å². The number of hydrogen-bond acceptors (Lipinski definition) is 3. The van der Waals surface area contributed by atoms with Crippen molar-refractivity contribution in [2.45, 2.75) is 17.4 Å². The third-order valence-corrected chi connectivity index (χ3v) is 5.80. The van der Waals surface area contributed by atoms with Crippen molar-refractivity contribution in [3.05, 3.63) is 71.5 Å². The molecule has 0 bridgehead atoms. The van der Waals surface area contributed by atoms with Crippen LogP contribution >= 0.6 is 11.8 Å². The van der Waals surface area contributed by atoms with Gasteiger partial charge in [0.25, 0.3) is 5.91 Å². The van der Waals surface area contributed by atoms with Gasteiger partial charge in [-0.1, -0.05) is 24.3 Å². The van der Waals surface area contributed by atoms with E-state index in [-0.39, 0.29) is 17.8 Å². The van der Waals surface area contributed by atoms with Crippen molar-refractivity contribution in [2.24, 2.45) is 0 Å². The van der Waals surface area contributed by atoms with Gasteiger partial charge < -0.3 is 10.1 Å². The number of hydrogen-bond donors (Lipinski definition) is 1. The van der Waals surface area contributed by atoms with Crippen molar-refractivity contribution in [2.75, 3.05) is 12.9 Å². The van der Waals surface area contributed by atoms with Gasteiger partial charge >= 0.3 is 0 Å². The molecule has 1 heterocycles. The summed E-state index contributed by atoms with van der Waals surface area (Å²) in [4.78, 5) is 13.4. The van der Waals surface area contributed by atoms with Crippen LogP contribution in [0.4, 0.5) is 4.39 Å². The van der Waals surface area contributed by atoms with Gasteiger partial charge in [-0.05, 0) is 53.1 Å². The van der Waals surface area contributed by atoms with Crippen molar-refractivity contribution < 1.29 is 13.9 Å². The Hall–Kier alpha value is -2.53. The molecule has 3 nitrogen and oxygen atoms in total. The van der Waals surface area contributed by atoms with Crippen LogP contribution in [0.1, 0.15) is 28.4 Å². The van der Waals surface area contributed by atoms with E-state index in [4.69, 9.17) is 4.74 Å². The number of amides is 1. The average molecular weight is 367 g/mol. The molecule has 5 heteroatoms. The molecule has 0 aliphatic carbocycles. The van der Waals surface area contributed by atoms with E-state index in [1.807, 2.05) is 36.4 Å². The summed E-state index contributed by atoms with van der Waals surface area (Å²) in [5.74, 6) is 1.21. The number of thioether (sulfide) groups is 1. The molecule has 0 fully saturated rings. The number of nitrogens with one attached hydrogen (secondary N) is 1. The van der Waals surface area contributed by atoms with E-state index < -0.39 is 0 Å². The topological polar surface area (TPSA) is 38.3 Å². The molecule has 1 amide bonds. The number of rotatable bonds is 3. The maximum atomic E-state index is 14.0. The number of benzene rings is 3. The fraction of sp³-hybridized carbons (Fsp3) is 0.190. The molecule has 0 saturated carbocycles. The number of methoxy groups -OCH3 is 1. The van der Waals surface area contributed by atoms with E-state index in [1.165, 1.54) is 17.8 Å². The number of carbonyl (C=O) groups excluding carboxylic acids is 1. The quantitative estimate of drug-likeness (QED) is 0.711. The highest BCUT2D eigenvalue weighted by Crippen LogP contribution is 2.37. The van der Waals surface area contributed by atoms with Crippen molar-refractivity contribution >= 4 is 28.4 Å². The van der Waals surface area contributed by atoms with Gasteiger partial charge in [0.05, 0.1) is 13.2 Å². The van der Waals surface area contributed by atoms with E-state index >= 15 is 0 Å². The molecule has 1 atom stereocenters. The summed E-state index contributed by atoms with van der Waals surface area (Å²) in [6, 6.07) is 16.2. The van der Waals surface area contributed by atoms with Gasteiger partial charge in [0.1, 0.15) is 11.6 Å². The van der Waals surface area contributed by atoms with Crippen LogP contribution < -0.4 is 10.1 Å². The molecular weight excluding hydrogens is 349 g/mol. The summed E-state index contributed by atoms with van der Waals surface area (Å²) in [6.07, 6.45) is 0.789. The number of halogens is 1. The highest BCUT2D eigenvalue weighted by molar-refractivity contribution is 7.99. The number of carbonyl (C=O) groups is 1. The third kappa shape index (κ3) is 3.15. The van der Waals surface area contributed by atoms with Crippen molar-refractivity contribution in [3.63, 3.8) is 0 Å². The van der Waals surface area contributed by atoms with Crippen LogP contribution in [-0.2, 0) is 0 Å². The van der Waals surface area contributed by atoms with E-state index in [0.29, 0.717) is 10.5 Å². The Morgan fingerprint density at radius 3 is 2.81 bits per heavy atom. The van der Waals surface area contributed by atoms with Gasteiger partial charge in [-0.3, -0.25) is 4.79 Å². The number of fused-ring (bicyclic) bond motifs is 2. The molecule has 0 radical (unpaired) electrons. The predicted octanol–water partition coefficient (Wildman–Crippen LogP) is 4.95. The second-order valence-electron chi connectivity index (χ2n) is 6.25. The summed E-state index contributed by atoms with van der Waals surface area (Å²) in [5, 5.41) is 5.05. The molecule has 26 heavy (non-hydrogen) atoms. The second-order valence-corrected chi connectivity index (χ2v) is 7.35. The van der Waals surface area contributed by atoms with Gasteiger partial charge in [0.2, 0.25) is 0 Å². The lowest BCUT2D eigenvalue weighted by Gasteiger charge is -2.26. The van der Waals surface area contributed by atoms with Crippen LogP contribution in [0.3, 0.4) is 0 Å². The minimum atomic E-state index is -0.217. The highest BCUT2D eigenvalue weighted by Gasteiger charge is 2.24. The Balaban J connectivity index is 1.59. The Morgan fingerprint density at radius 1 is 1.15 bits per heavy atom. The van der Waals surface area contributed by atoms with E-state index in [9.17, 15) is 9.18 Å². The summed E-state index contributed by atoms with van der Waals surface area (Å²) in [5.41, 5.74) is 1.46. The van der Waals surface area contributed by atoms with E-state index in [1.54, 1.807) is 19.2 Å². The van der Waals surface area contributed by atoms with Crippen LogP contribution in [0.15, 0.2) is 59.5 Å². The zero-order chi connectivity index (χ0) is 18.1. The second kappa shape index (κ2) is 7.00. The molecular formula is C21H18FNO2S. The van der Waals surface area contributed by atoms with E-state index in [2.05, 4.69) is 5.32 Å². The summed E-state index contributed by atoms with van der Waals surface area (Å²) < 4.78 is 19.2. The fourth-order valence-electron chi connectivity index (χ4n) is 3.27. The lowest BCUT2D eigenvalue weighted by molar-refractivity contribution is 0.0935. The molecule has 0 saturated heterocycles. The van der Waals surface area contributed by atoms with Gasteiger partial charge in [-0.15, -0.1) is 11.8 Å². The first-order valence-corrected chi connectivity index (χ1v) is 9.44. The largest absolute Gasteiger partial charge is 0.497 e. The molecule has 1 N–H and O–H groups in total. The molecule has 3 aromatic carbocycles. The van der Waals surface area contributed by atoms with Crippen LogP contribution in [0.5, 0.6) is 5.75 Å². The van der Waals surface area contributed by atoms with Crippen molar-refractivity contribution in [3.8, 4) is 5.75 Å². The molecule has 0 aromatic heterocycles. The fourth-order valence-corrected chi connectivity index (χ4v) is 4.41. The average Bonchev–Trinajstić information content (AvgIpc) is 2.68. The van der Waals surface area contributed by atoms with Gasteiger partial charge in [-0.2, -0.15) is 0 Å². The standard InChI is InChI=1S/C21H18FNO2S/c1-25-16-8-7-13-11-15(6-5-14(13)12-16)21(24)23-19-9-10-26-20-17(19)3-2-4-18(20)22/h2-8,11-12,19H,9-10H2,1H3,(H,23,24)/t19-/m1/s1. The molecule has 3 aromatic rings. The highest BCUT2D eigenvalue weighted by atomic mass is 32.2. The molecule has 0 unspecified atom stereocenters. The minimum Gasteiger partial charge on any atom is -0.497 e. The zero-order valence-electron chi connectivity index (χ0n) is 14.3. The van der Waals surface area contributed by atoms with Crippen LogP contribution in [-0.4, -0.2) is 18.8 Å². The predicted molar refractivity (Wildman–Crippen MR) is 102 cm³/mol. The Labute approximate surface area is 155 Å².